The minimum Gasteiger partial charge on any atom is -0.481 e. The first-order valence-electron chi connectivity index (χ1n) is 6.41. The van der Waals surface area contributed by atoms with E-state index in [9.17, 15) is 9.59 Å². The molecule has 0 saturated carbocycles. The smallest absolute Gasteiger partial charge is 0.311 e. The van der Waals surface area contributed by atoms with Crippen molar-refractivity contribution in [2.45, 2.75) is 13.0 Å². The van der Waals surface area contributed by atoms with Crippen LogP contribution < -0.4 is 5.32 Å². The van der Waals surface area contributed by atoms with Crippen molar-refractivity contribution >= 4 is 11.9 Å². The Balaban J connectivity index is 2.51. The molecule has 1 fully saturated rings. The molecule has 0 aromatic carbocycles. The molecule has 110 valence electrons. The van der Waals surface area contributed by atoms with Gasteiger partial charge in [0.2, 0.25) is 5.91 Å². The van der Waals surface area contributed by atoms with Crippen LogP contribution in [0.5, 0.6) is 0 Å². The number of carbonyl (C=O) groups excluding carboxylic acids is 1. The molecular formula is C12H22N2O5. The number of methoxy groups -OCH3 is 1. The number of carboxylic acid groups (broad SMARTS) is 1. The summed E-state index contributed by atoms with van der Waals surface area (Å²) in [5, 5.41) is 12.1. The monoisotopic (exact) mass is 274 g/mol. The predicted molar refractivity (Wildman–Crippen MR) is 67.9 cm³/mol. The van der Waals surface area contributed by atoms with E-state index in [0.717, 1.165) is 0 Å². The topological polar surface area (TPSA) is 88.1 Å². The molecule has 1 heterocycles. The van der Waals surface area contributed by atoms with Crippen LogP contribution in [-0.2, 0) is 19.1 Å². The highest BCUT2D eigenvalue weighted by atomic mass is 16.5. The van der Waals surface area contributed by atoms with Gasteiger partial charge in [-0.05, 0) is 6.92 Å². The fourth-order valence-corrected chi connectivity index (χ4v) is 2.15. The number of aliphatic carboxylic acids is 1. The van der Waals surface area contributed by atoms with Crippen molar-refractivity contribution in [3.8, 4) is 0 Å². The van der Waals surface area contributed by atoms with E-state index in [1.807, 2.05) is 6.92 Å². The van der Waals surface area contributed by atoms with Crippen molar-refractivity contribution in [2.24, 2.45) is 5.92 Å². The van der Waals surface area contributed by atoms with E-state index >= 15 is 0 Å². The molecule has 1 saturated heterocycles. The molecule has 1 aliphatic rings. The number of ether oxygens (including phenoxy) is 2. The SMILES string of the molecule is CCN(C(=O)CNCCOC)C1COCC1C(=O)O. The maximum atomic E-state index is 12.1. The highest BCUT2D eigenvalue weighted by Gasteiger charge is 2.39. The normalized spacial score (nSPS) is 22.4. The molecule has 2 N–H and O–H groups in total. The van der Waals surface area contributed by atoms with Crippen molar-refractivity contribution < 1.29 is 24.2 Å². The lowest BCUT2D eigenvalue weighted by molar-refractivity contribution is -0.144. The van der Waals surface area contributed by atoms with Crippen LogP contribution in [0.4, 0.5) is 0 Å². The Morgan fingerprint density at radius 3 is 2.79 bits per heavy atom. The van der Waals surface area contributed by atoms with Crippen molar-refractivity contribution in [3.05, 3.63) is 0 Å². The van der Waals surface area contributed by atoms with Gasteiger partial charge in [0, 0.05) is 20.2 Å². The molecule has 7 nitrogen and oxygen atoms in total. The van der Waals surface area contributed by atoms with E-state index in [4.69, 9.17) is 14.6 Å². The van der Waals surface area contributed by atoms with Crippen LogP contribution in [0.2, 0.25) is 0 Å². The van der Waals surface area contributed by atoms with Gasteiger partial charge in [0.05, 0.1) is 32.4 Å². The summed E-state index contributed by atoms with van der Waals surface area (Å²) in [4.78, 5) is 24.7. The Kier molecular flexibility index (Phi) is 6.75. The van der Waals surface area contributed by atoms with Gasteiger partial charge in [-0.25, -0.2) is 0 Å². The standard InChI is InChI=1S/C12H22N2O5/c1-3-14(11(15)6-13-4-5-18-2)10-8-19-7-9(10)12(16)17/h9-10,13H,3-8H2,1-2H3,(H,16,17). The maximum absolute atomic E-state index is 12.1. The number of rotatable bonds is 8. The van der Waals surface area contributed by atoms with Crippen molar-refractivity contribution in [3.63, 3.8) is 0 Å². The second kappa shape index (κ2) is 8.08. The van der Waals surface area contributed by atoms with E-state index in [0.29, 0.717) is 19.7 Å². The average molecular weight is 274 g/mol. The molecule has 0 spiro atoms. The molecule has 0 aromatic rings. The first-order chi connectivity index (χ1) is 9.11. The molecule has 19 heavy (non-hydrogen) atoms. The molecule has 0 radical (unpaired) electrons. The second-order valence-electron chi connectivity index (χ2n) is 4.40. The Morgan fingerprint density at radius 2 is 2.21 bits per heavy atom. The lowest BCUT2D eigenvalue weighted by Gasteiger charge is -2.29. The lowest BCUT2D eigenvalue weighted by Crippen LogP contribution is -2.49. The zero-order valence-electron chi connectivity index (χ0n) is 11.4. The third-order valence-electron chi connectivity index (χ3n) is 3.19. The highest BCUT2D eigenvalue weighted by Crippen LogP contribution is 2.20. The minimum absolute atomic E-state index is 0.111. The first-order valence-corrected chi connectivity index (χ1v) is 6.41. The predicted octanol–water partition coefficient (Wildman–Crippen LogP) is -0.829. The van der Waals surface area contributed by atoms with Gasteiger partial charge in [0.1, 0.15) is 5.92 Å². The molecule has 1 amide bonds. The fourth-order valence-electron chi connectivity index (χ4n) is 2.15. The molecule has 2 unspecified atom stereocenters. The molecule has 1 aliphatic heterocycles. The van der Waals surface area contributed by atoms with Crippen LogP contribution in [0.15, 0.2) is 0 Å². The second-order valence-corrected chi connectivity index (χ2v) is 4.40. The minimum atomic E-state index is -0.916. The molecule has 1 rings (SSSR count). The summed E-state index contributed by atoms with van der Waals surface area (Å²) in [5.41, 5.74) is 0. The van der Waals surface area contributed by atoms with Gasteiger partial charge in [-0.1, -0.05) is 0 Å². The highest BCUT2D eigenvalue weighted by molar-refractivity contribution is 5.80. The molecular weight excluding hydrogens is 252 g/mol. The molecule has 2 atom stereocenters. The maximum Gasteiger partial charge on any atom is 0.311 e. The fraction of sp³-hybridized carbons (Fsp3) is 0.833. The van der Waals surface area contributed by atoms with Crippen LogP contribution in [0.1, 0.15) is 6.92 Å². The molecule has 7 heteroatoms. The van der Waals surface area contributed by atoms with Crippen molar-refractivity contribution in [1.29, 1.82) is 0 Å². The van der Waals surface area contributed by atoms with Gasteiger partial charge in [0.15, 0.2) is 0 Å². The van der Waals surface area contributed by atoms with Gasteiger partial charge >= 0.3 is 5.97 Å². The Hall–Kier alpha value is -1.18. The van der Waals surface area contributed by atoms with Crippen molar-refractivity contribution in [1.82, 2.24) is 10.2 Å². The average Bonchev–Trinajstić information content (AvgIpc) is 2.85. The zero-order chi connectivity index (χ0) is 14.3. The number of amides is 1. The number of nitrogens with zero attached hydrogens (tertiary/aromatic N) is 1. The van der Waals surface area contributed by atoms with Crippen LogP contribution in [0.3, 0.4) is 0 Å². The summed E-state index contributed by atoms with van der Waals surface area (Å²) in [5.74, 6) is -1.66. The summed E-state index contributed by atoms with van der Waals surface area (Å²) >= 11 is 0. The molecule has 0 bridgehead atoms. The Morgan fingerprint density at radius 1 is 1.47 bits per heavy atom. The third kappa shape index (κ3) is 4.45. The number of hydrogen-bond donors (Lipinski definition) is 2. The molecule has 0 aliphatic carbocycles. The van der Waals surface area contributed by atoms with Gasteiger partial charge in [-0.2, -0.15) is 0 Å². The Bertz CT molecular complexity index is 310. The first kappa shape index (κ1) is 15.9. The van der Waals surface area contributed by atoms with Crippen LogP contribution in [-0.4, -0.2) is 74.5 Å². The van der Waals surface area contributed by atoms with Crippen LogP contribution >= 0.6 is 0 Å². The van der Waals surface area contributed by atoms with Gasteiger partial charge in [-0.3, -0.25) is 9.59 Å². The van der Waals surface area contributed by atoms with Gasteiger partial charge in [0.25, 0.3) is 0 Å². The van der Waals surface area contributed by atoms with E-state index in [2.05, 4.69) is 5.32 Å². The molecule has 0 aromatic heterocycles. The third-order valence-corrected chi connectivity index (χ3v) is 3.19. The van der Waals surface area contributed by atoms with Crippen LogP contribution in [0, 0.1) is 5.92 Å². The quantitative estimate of drug-likeness (QED) is 0.562. The van der Waals surface area contributed by atoms with E-state index in [1.165, 1.54) is 0 Å². The zero-order valence-corrected chi connectivity index (χ0v) is 11.4. The Labute approximate surface area is 112 Å². The summed E-state index contributed by atoms with van der Waals surface area (Å²) in [7, 11) is 1.59. The summed E-state index contributed by atoms with van der Waals surface area (Å²) in [6, 6.07) is -0.376. The van der Waals surface area contributed by atoms with Gasteiger partial charge < -0.3 is 24.8 Å². The largest absolute Gasteiger partial charge is 0.481 e. The van der Waals surface area contributed by atoms with E-state index < -0.39 is 11.9 Å². The summed E-state index contributed by atoms with van der Waals surface area (Å²) in [6.07, 6.45) is 0. The number of carboxylic acids is 1. The number of nitrogens with one attached hydrogen (secondary N) is 1. The summed E-state index contributed by atoms with van der Waals surface area (Å²) < 4.78 is 10.1. The van der Waals surface area contributed by atoms with E-state index in [1.54, 1.807) is 12.0 Å². The number of hydrogen-bond acceptors (Lipinski definition) is 5. The lowest BCUT2D eigenvalue weighted by atomic mass is 10.0. The number of likely N-dealkylation sites (N-methyl/N-ethyl adjacent to an activating group) is 1. The van der Waals surface area contributed by atoms with Crippen LogP contribution in [0.25, 0.3) is 0 Å². The summed E-state index contributed by atoms with van der Waals surface area (Å²) in [6.45, 7) is 4.06. The van der Waals surface area contributed by atoms with E-state index in [-0.39, 0.29) is 31.7 Å². The van der Waals surface area contributed by atoms with Gasteiger partial charge in [-0.15, -0.1) is 0 Å². The van der Waals surface area contributed by atoms with Crippen molar-refractivity contribution in [2.75, 3.05) is 46.6 Å². The number of carbonyl (C=O) groups is 2.